The standard InChI is InChI=1S/C21H27NO4/c23-18(15-6-5-13-22-14-15)10-9-17-16(19-11-12-20(17)26-19)7-3-1-2-4-8-21(24)25/h1,3,5-6,9-10,13-14,16-20,23H,2,4,7-8,11-12H2,(H,24,25)/b3-1?,10-9+/t16-,17+,18?,19+,20-/m1/s1. The predicted molar refractivity (Wildman–Crippen MR) is 98.5 cm³/mol. The number of unbranched alkanes of at least 4 members (excludes halogenated alkanes) is 1. The van der Waals surface area contributed by atoms with Crippen LogP contribution in [0, 0.1) is 11.8 Å². The Morgan fingerprint density at radius 1 is 1.35 bits per heavy atom. The molecule has 0 aliphatic carbocycles. The Hall–Kier alpha value is -1.98. The van der Waals surface area contributed by atoms with E-state index >= 15 is 0 Å². The minimum atomic E-state index is -0.739. The highest BCUT2D eigenvalue weighted by molar-refractivity contribution is 5.66. The fourth-order valence-corrected chi connectivity index (χ4v) is 4.02. The number of pyridine rings is 1. The second-order valence-electron chi connectivity index (χ2n) is 7.14. The normalized spacial score (nSPS) is 29.0. The lowest BCUT2D eigenvalue weighted by atomic mass is 9.77. The van der Waals surface area contributed by atoms with Crippen molar-refractivity contribution in [3.8, 4) is 0 Å². The molecule has 2 N–H and O–H groups in total. The molecule has 1 aromatic heterocycles. The van der Waals surface area contributed by atoms with Crippen LogP contribution in [0.25, 0.3) is 0 Å². The molecule has 2 aliphatic heterocycles. The van der Waals surface area contributed by atoms with Crippen molar-refractivity contribution in [3.63, 3.8) is 0 Å². The number of aliphatic hydroxyl groups is 1. The van der Waals surface area contributed by atoms with Gasteiger partial charge in [0.05, 0.1) is 18.3 Å². The summed E-state index contributed by atoms with van der Waals surface area (Å²) < 4.78 is 6.09. The van der Waals surface area contributed by atoms with Crippen molar-refractivity contribution in [1.29, 1.82) is 0 Å². The fourth-order valence-electron chi connectivity index (χ4n) is 4.02. The van der Waals surface area contributed by atoms with Crippen LogP contribution in [-0.4, -0.2) is 33.4 Å². The van der Waals surface area contributed by atoms with E-state index in [1.165, 1.54) is 0 Å². The molecular weight excluding hydrogens is 330 g/mol. The van der Waals surface area contributed by atoms with E-state index < -0.39 is 12.1 Å². The Kier molecular flexibility index (Phi) is 6.58. The van der Waals surface area contributed by atoms with Gasteiger partial charge in [-0.2, -0.15) is 0 Å². The van der Waals surface area contributed by atoms with Crippen molar-refractivity contribution in [2.75, 3.05) is 0 Å². The van der Waals surface area contributed by atoms with Gasteiger partial charge in [0.1, 0.15) is 0 Å². The van der Waals surface area contributed by atoms with Crippen molar-refractivity contribution in [3.05, 3.63) is 54.4 Å². The average Bonchev–Trinajstić information content (AvgIpc) is 3.24. The number of carbonyl (C=O) groups is 1. The Morgan fingerprint density at radius 2 is 2.19 bits per heavy atom. The summed E-state index contributed by atoms with van der Waals surface area (Å²) in [5.74, 6) is 0.0165. The zero-order chi connectivity index (χ0) is 18.4. The third-order valence-corrected chi connectivity index (χ3v) is 5.36. The number of hydrogen-bond donors (Lipinski definition) is 2. The number of ether oxygens (including phenoxy) is 1. The molecule has 3 rings (SSSR count). The number of carboxylic acids is 1. The number of aliphatic hydroxyl groups excluding tert-OH is 1. The maximum absolute atomic E-state index is 10.5. The lowest BCUT2D eigenvalue weighted by Crippen LogP contribution is -2.25. The number of rotatable bonds is 9. The van der Waals surface area contributed by atoms with Gasteiger partial charge in [-0.15, -0.1) is 0 Å². The number of allylic oxidation sites excluding steroid dienone is 2. The number of aromatic nitrogens is 1. The highest BCUT2D eigenvalue weighted by Gasteiger charge is 2.46. The van der Waals surface area contributed by atoms with E-state index in [1.807, 2.05) is 18.2 Å². The van der Waals surface area contributed by atoms with Gasteiger partial charge in [0.2, 0.25) is 0 Å². The van der Waals surface area contributed by atoms with Gasteiger partial charge in [0, 0.05) is 30.3 Å². The lowest BCUT2D eigenvalue weighted by molar-refractivity contribution is -0.137. The third-order valence-electron chi connectivity index (χ3n) is 5.36. The molecule has 3 heterocycles. The number of fused-ring (bicyclic) bond motifs is 2. The molecule has 0 radical (unpaired) electrons. The maximum atomic E-state index is 10.5. The van der Waals surface area contributed by atoms with Gasteiger partial charge in [-0.1, -0.05) is 30.4 Å². The van der Waals surface area contributed by atoms with Crippen molar-refractivity contribution in [2.24, 2.45) is 11.8 Å². The van der Waals surface area contributed by atoms with Crippen LogP contribution < -0.4 is 0 Å². The van der Waals surface area contributed by atoms with Gasteiger partial charge in [0.15, 0.2) is 0 Å². The van der Waals surface area contributed by atoms with Crippen molar-refractivity contribution in [1.82, 2.24) is 4.98 Å². The highest BCUT2D eigenvalue weighted by atomic mass is 16.5. The minimum absolute atomic E-state index is 0.221. The molecule has 2 bridgehead atoms. The van der Waals surface area contributed by atoms with Gasteiger partial charge in [0.25, 0.3) is 0 Å². The smallest absolute Gasteiger partial charge is 0.303 e. The number of carboxylic acid groups (broad SMARTS) is 1. The maximum Gasteiger partial charge on any atom is 0.303 e. The molecule has 0 aromatic carbocycles. The summed E-state index contributed by atoms with van der Waals surface area (Å²) in [7, 11) is 0. The van der Waals surface area contributed by atoms with Crippen LogP contribution in [0.15, 0.2) is 48.8 Å². The van der Waals surface area contributed by atoms with Crippen LogP contribution in [0.5, 0.6) is 0 Å². The molecule has 26 heavy (non-hydrogen) atoms. The van der Waals surface area contributed by atoms with E-state index in [4.69, 9.17) is 9.84 Å². The van der Waals surface area contributed by atoms with Crippen LogP contribution in [0.2, 0.25) is 0 Å². The molecule has 1 unspecified atom stereocenters. The lowest BCUT2D eigenvalue weighted by Gasteiger charge is -2.25. The van der Waals surface area contributed by atoms with Crippen LogP contribution in [-0.2, 0) is 9.53 Å². The van der Waals surface area contributed by atoms with E-state index in [9.17, 15) is 9.90 Å². The fraction of sp³-hybridized carbons (Fsp3) is 0.524. The molecule has 0 spiro atoms. The zero-order valence-corrected chi connectivity index (χ0v) is 14.9. The van der Waals surface area contributed by atoms with Crippen molar-refractivity contribution in [2.45, 2.75) is 56.8 Å². The first-order valence-corrected chi connectivity index (χ1v) is 9.43. The first-order valence-electron chi connectivity index (χ1n) is 9.43. The summed E-state index contributed by atoms with van der Waals surface area (Å²) in [6.45, 7) is 0. The number of nitrogens with zero attached hydrogens (tertiary/aromatic N) is 1. The van der Waals surface area contributed by atoms with E-state index in [0.717, 1.165) is 31.2 Å². The van der Waals surface area contributed by atoms with Crippen LogP contribution in [0.4, 0.5) is 0 Å². The summed E-state index contributed by atoms with van der Waals surface area (Å²) in [5, 5.41) is 19.0. The molecule has 2 aliphatic rings. The van der Waals surface area contributed by atoms with E-state index in [-0.39, 0.29) is 12.5 Å². The Morgan fingerprint density at radius 3 is 2.96 bits per heavy atom. The number of aliphatic carboxylic acids is 1. The summed E-state index contributed by atoms with van der Waals surface area (Å²) in [5.41, 5.74) is 0.794. The largest absolute Gasteiger partial charge is 0.481 e. The molecular formula is C21H27NO4. The summed E-state index contributed by atoms with van der Waals surface area (Å²) in [4.78, 5) is 14.6. The number of hydrogen-bond acceptors (Lipinski definition) is 4. The van der Waals surface area contributed by atoms with E-state index in [1.54, 1.807) is 12.4 Å². The topological polar surface area (TPSA) is 79.7 Å². The summed E-state index contributed by atoms with van der Waals surface area (Å²) in [6, 6.07) is 3.70. The quantitative estimate of drug-likeness (QED) is 0.521. The highest BCUT2D eigenvalue weighted by Crippen LogP contribution is 2.46. The van der Waals surface area contributed by atoms with Crippen LogP contribution >= 0.6 is 0 Å². The van der Waals surface area contributed by atoms with Gasteiger partial charge < -0.3 is 14.9 Å². The molecule has 1 aromatic rings. The second kappa shape index (κ2) is 9.10. The van der Waals surface area contributed by atoms with E-state index in [0.29, 0.717) is 24.4 Å². The molecule has 0 saturated carbocycles. The monoisotopic (exact) mass is 357 g/mol. The summed E-state index contributed by atoms with van der Waals surface area (Å²) in [6.07, 6.45) is 16.3. The third kappa shape index (κ3) is 4.80. The van der Waals surface area contributed by atoms with Crippen LogP contribution in [0.1, 0.15) is 50.2 Å². The van der Waals surface area contributed by atoms with Crippen molar-refractivity contribution < 1.29 is 19.7 Å². The predicted octanol–water partition coefficient (Wildman–Crippen LogP) is 3.67. The first kappa shape index (κ1) is 18.8. The minimum Gasteiger partial charge on any atom is -0.481 e. The molecule has 5 atom stereocenters. The van der Waals surface area contributed by atoms with Crippen LogP contribution in [0.3, 0.4) is 0 Å². The molecule has 5 nitrogen and oxygen atoms in total. The zero-order valence-electron chi connectivity index (χ0n) is 14.9. The van der Waals surface area contributed by atoms with Gasteiger partial charge in [-0.3, -0.25) is 9.78 Å². The summed E-state index contributed by atoms with van der Waals surface area (Å²) >= 11 is 0. The second-order valence-corrected chi connectivity index (χ2v) is 7.14. The van der Waals surface area contributed by atoms with Gasteiger partial charge in [-0.05, 0) is 44.1 Å². The molecule has 2 fully saturated rings. The van der Waals surface area contributed by atoms with Gasteiger partial charge >= 0.3 is 5.97 Å². The van der Waals surface area contributed by atoms with Gasteiger partial charge in [-0.25, -0.2) is 0 Å². The molecule has 140 valence electrons. The molecule has 0 amide bonds. The average molecular weight is 357 g/mol. The molecule has 2 saturated heterocycles. The first-order chi connectivity index (χ1) is 12.6. The van der Waals surface area contributed by atoms with E-state index in [2.05, 4.69) is 23.2 Å². The molecule has 5 heteroatoms. The Bertz CT molecular complexity index is 643. The Balaban J connectivity index is 1.54. The SMILES string of the molecule is O=C(O)CCCC=CC[C@@H]1[C@H](/C=C/C(O)c2cccnc2)[C@H]2CC[C@@H]1O2. The Labute approximate surface area is 154 Å². The van der Waals surface area contributed by atoms with Crippen molar-refractivity contribution >= 4 is 5.97 Å².